The smallest absolute Gasteiger partial charge is 0.276 e. The van der Waals surface area contributed by atoms with Gasteiger partial charge in [-0.1, -0.05) is 17.3 Å². The number of benzene rings is 1. The average Bonchev–Trinajstić information content (AvgIpc) is 3.23. The lowest BCUT2D eigenvalue weighted by molar-refractivity contribution is 0.421. The predicted octanol–water partition coefficient (Wildman–Crippen LogP) is 4.05. The van der Waals surface area contributed by atoms with Gasteiger partial charge in [-0.25, -0.2) is 9.38 Å². The van der Waals surface area contributed by atoms with Crippen molar-refractivity contribution in [2.24, 2.45) is 4.99 Å². The summed E-state index contributed by atoms with van der Waals surface area (Å²) >= 11 is 1.66. The molecule has 31 heavy (non-hydrogen) atoms. The third kappa shape index (κ3) is 7.76. The molecule has 0 aliphatic carbocycles. The van der Waals surface area contributed by atoms with E-state index in [9.17, 15) is 4.39 Å². The SMILES string of the molecule is CCNC(=NCc1ccc(F)cc1CSC)NCCc1noc(-c2ccccn2)n1.I. The van der Waals surface area contributed by atoms with E-state index in [2.05, 4.69) is 30.8 Å². The maximum atomic E-state index is 13.5. The minimum Gasteiger partial charge on any atom is -0.357 e. The van der Waals surface area contributed by atoms with Crippen molar-refractivity contribution >= 4 is 41.7 Å². The van der Waals surface area contributed by atoms with Crippen LogP contribution in [0.3, 0.4) is 0 Å². The van der Waals surface area contributed by atoms with Gasteiger partial charge in [0.15, 0.2) is 11.8 Å². The highest BCUT2D eigenvalue weighted by molar-refractivity contribution is 14.0. The standard InChI is InChI=1S/C21H25FN6OS.HI/c1-3-23-21(26-13-15-7-8-17(22)12-16(15)14-30-2)25-11-9-19-27-20(29-28-19)18-6-4-5-10-24-18;/h4-8,10,12H,3,9,11,13-14H2,1-2H3,(H2,23,25,26);1H. The van der Waals surface area contributed by atoms with E-state index >= 15 is 0 Å². The molecule has 2 heterocycles. The first-order valence-corrected chi connectivity index (χ1v) is 11.1. The number of hydrogen-bond donors (Lipinski definition) is 2. The molecule has 0 spiro atoms. The summed E-state index contributed by atoms with van der Waals surface area (Å²) in [7, 11) is 0. The predicted molar refractivity (Wildman–Crippen MR) is 133 cm³/mol. The van der Waals surface area contributed by atoms with Crippen LogP contribution in [0.25, 0.3) is 11.6 Å². The Bertz CT molecular complexity index is 970. The lowest BCUT2D eigenvalue weighted by atomic mass is 10.1. The number of guanidine groups is 1. The van der Waals surface area contributed by atoms with Crippen LogP contribution in [0, 0.1) is 5.82 Å². The van der Waals surface area contributed by atoms with Gasteiger partial charge in [0.2, 0.25) is 0 Å². The molecule has 0 atom stereocenters. The molecule has 0 fully saturated rings. The molecule has 0 saturated heterocycles. The molecule has 0 aliphatic heterocycles. The fraction of sp³-hybridized carbons (Fsp3) is 0.333. The van der Waals surface area contributed by atoms with E-state index in [4.69, 9.17) is 4.52 Å². The second kappa shape index (κ2) is 13.3. The molecule has 0 saturated carbocycles. The molecule has 0 radical (unpaired) electrons. The largest absolute Gasteiger partial charge is 0.357 e. The van der Waals surface area contributed by atoms with Crippen LogP contribution in [0.5, 0.6) is 0 Å². The first-order chi connectivity index (χ1) is 14.7. The maximum absolute atomic E-state index is 13.5. The van der Waals surface area contributed by atoms with Crippen LogP contribution in [-0.4, -0.2) is 40.4 Å². The molecule has 3 rings (SSSR count). The number of aliphatic imine (C=N–C) groups is 1. The van der Waals surface area contributed by atoms with E-state index in [0.29, 0.717) is 42.9 Å². The number of hydrogen-bond acceptors (Lipinski definition) is 6. The molecule has 0 unspecified atom stereocenters. The second-order valence-corrected chi connectivity index (χ2v) is 7.31. The number of thioether (sulfide) groups is 1. The highest BCUT2D eigenvalue weighted by atomic mass is 127. The number of aromatic nitrogens is 3. The molecular weight excluding hydrogens is 530 g/mol. The maximum Gasteiger partial charge on any atom is 0.276 e. The van der Waals surface area contributed by atoms with Crippen LogP contribution in [0.4, 0.5) is 4.39 Å². The number of nitrogens with zero attached hydrogens (tertiary/aromatic N) is 4. The number of halogens is 2. The van der Waals surface area contributed by atoms with Crippen molar-refractivity contribution < 1.29 is 8.91 Å². The molecule has 3 aromatic rings. The van der Waals surface area contributed by atoms with Crippen molar-refractivity contribution in [2.75, 3.05) is 19.3 Å². The van der Waals surface area contributed by atoms with Gasteiger partial charge in [0.25, 0.3) is 5.89 Å². The summed E-state index contributed by atoms with van der Waals surface area (Å²) in [4.78, 5) is 13.2. The zero-order valence-electron chi connectivity index (χ0n) is 17.5. The molecule has 0 bridgehead atoms. The summed E-state index contributed by atoms with van der Waals surface area (Å²) in [6.45, 7) is 3.80. The van der Waals surface area contributed by atoms with Crippen molar-refractivity contribution in [1.29, 1.82) is 0 Å². The third-order valence-electron chi connectivity index (χ3n) is 4.21. The topological polar surface area (TPSA) is 88.2 Å². The molecule has 2 N–H and O–H groups in total. The Balaban J connectivity index is 0.00000341. The number of rotatable bonds is 9. The normalized spacial score (nSPS) is 11.1. The summed E-state index contributed by atoms with van der Waals surface area (Å²) in [6, 6.07) is 10.4. The molecule has 2 aromatic heterocycles. The van der Waals surface area contributed by atoms with E-state index in [-0.39, 0.29) is 29.8 Å². The molecule has 0 aliphatic rings. The van der Waals surface area contributed by atoms with Crippen LogP contribution >= 0.6 is 35.7 Å². The van der Waals surface area contributed by atoms with E-state index in [1.54, 1.807) is 30.1 Å². The molecular formula is C21H26FIN6OS. The quantitative estimate of drug-likeness (QED) is 0.234. The Morgan fingerprint density at radius 1 is 1.19 bits per heavy atom. The minimum atomic E-state index is -0.220. The fourth-order valence-electron chi connectivity index (χ4n) is 2.79. The summed E-state index contributed by atoms with van der Waals surface area (Å²) in [6.07, 6.45) is 4.27. The van der Waals surface area contributed by atoms with E-state index < -0.39 is 0 Å². The lowest BCUT2D eigenvalue weighted by Crippen LogP contribution is -2.38. The summed E-state index contributed by atoms with van der Waals surface area (Å²) in [5, 5.41) is 10.5. The first kappa shape index (κ1) is 25.1. The van der Waals surface area contributed by atoms with Crippen molar-refractivity contribution in [1.82, 2.24) is 25.8 Å². The van der Waals surface area contributed by atoms with Crippen LogP contribution < -0.4 is 10.6 Å². The second-order valence-electron chi connectivity index (χ2n) is 6.45. The van der Waals surface area contributed by atoms with Crippen molar-refractivity contribution in [3.05, 3.63) is 65.4 Å². The zero-order chi connectivity index (χ0) is 21.2. The van der Waals surface area contributed by atoms with Gasteiger partial charge in [0.05, 0.1) is 6.54 Å². The number of pyridine rings is 1. The van der Waals surface area contributed by atoms with Gasteiger partial charge in [-0.3, -0.25) is 4.98 Å². The van der Waals surface area contributed by atoms with Gasteiger partial charge < -0.3 is 15.2 Å². The summed E-state index contributed by atoms with van der Waals surface area (Å²) in [5.41, 5.74) is 2.64. The Morgan fingerprint density at radius 3 is 2.81 bits per heavy atom. The fourth-order valence-corrected chi connectivity index (χ4v) is 3.37. The molecule has 1 aromatic carbocycles. The average molecular weight is 556 g/mol. The van der Waals surface area contributed by atoms with Crippen molar-refractivity contribution in [3.63, 3.8) is 0 Å². The van der Waals surface area contributed by atoms with Gasteiger partial charge >= 0.3 is 0 Å². The van der Waals surface area contributed by atoms with Crippen LogP contribution in [-0.2, 0) is 18.7 Å². The Hall–Kier alpha value is -2.21. The van der Waals surface area contributed by atoms with Gasteiger partial charge in [0.1, 0.15) is 11.5 Å². The Kier molecular flexibility index (Phi) is 10.7. The van der Waals surface area contributed by atoms with Gasteiger partial charge in [0, 0.05) is 31.5 Å². The Labute approximate surface area is 202 Å². The van der Waals surface area contributed by atoms with Gasteiger partial charge in [-0.15, -0.1) is 24.0 Å². The monoisotopic (exact) mass is 556 g/mol. The van der Waals surface area contributed by atoms with E-state index in [1.807, 2.05) is 31.4 Å². The molecule has 10 heteroatoms. The van der Waals surface area contributed by atoms with Crippen LogP contribution in [0.2, 0.25) is 0 Å². The molecule has 0 amide bonds. The van der Waals surface area contributed by atoms with Crippen molar-refractivity contribution in [3.8, 4) is 11.6 Å². The van der Waals surface area contributed by atoms with Crippen LogP contribution in [0.1, 0.15) is 23.9 Å². The highest BCUT2D eigenvalue weighted by Gasteiger charge is 2.10. The van der Waals surface area contributed by atoms with Gasteiger partial charge in [-0.2, -0.15) is 16.7 Å². The zero-order valence-corrected chi connectivity index (χ0v) is 20.6. The van der Waals surface area contributed by atoms with Gasteiger partial charge in [-0.05, 0) is 48.6 Å². The highest BCUT2D eigenvalue weighted by Crippen LogP contribution is 2.17. The lowest BCUT2D eigenvalue weighted by Gasteiger charge is -2.12. The minimum absolute atomic E-state index is 0. The van der Waals surface area contributed by atoms with E-state index in [0.717, 1.165) is 23.4 Å². The third-order valence-corrected chi connectivity index (χ3v) is 4.81. The molecule has 7 nitrogen and oxygen atoms in total. The van der Waals surface area contributed by atoms with E-state index in [1.165, 1.54) is 6.07 Å². The first-order valence-electron chi connectivity index (χ1n) is 9.72. The number of nitrogens with one attached hydrogen (secondary N) is 2. The summed E-state index contributed by atoms with van der Waals surface area (Å²) < 4.78 is 18.8. The Morgan fingerprint density at radius 2 is 2.06 bits per heavy atom. The van der Waals surface area contributed by atoms with Crippen molar-refractivity contribution in [2.45, 2.75) is 25.6 Å². The molecule has 166 valence electrons. The summed E-state index contributed by atoms with van der Waals surface area (Å²) in [5.74, 6) is 2.22. The van der Waals surface area contributed by atoms with Crippen LogP contribution in [0.15, 0.2) is 52.1 Å².